The Labute approximate surface area is 166 Å². The van der Waals surface area contributed by atoms with Gasteiger partial charge in [0.2, 0.25) is 0 Å². The van der Waals surface area contributed by atoms with Crippen molar-refractivity contribution < 1.29 is 13.9 Å². The molecule has 0 aliphatic carbocycles. The van der Waals surface area contributed by atoms with Gasteiger partial charge in [0.15, 0.2) is 5.13 Å². The van der Waals surface area contributed by atoms with Crippen LogP contribution in [0.25, 0.3) is 0 Å². The van der Waals surface area contributed by atoms with Gasteiger partial charge in [0.25, 0.3) is 5.91 Å². The van der Waals surface area contributed by atoms with Crippen molar-refractivity contribution >= 4 is 28.1 Å². The lowest BCUT2D eigenvalue weighted by Crippen LogP contribution is -2.39. The molecule has 4 rings (SSSR count). The van der Waals surface area contributed by atoms with Gasteiger partial charge < -0.3 is 15.0 Å². The first kappa shape index (κ1) is 18.4. The van der Waals surface area contributed by atoms with Crippen molar-refractivity contribution in [2.24, 2.45) is 0 Å². The van der Waals surface area contributed by atoms with Gasteiger partial charge in [-0.15, -0.1) is 11.3 Å². The van der Waals surface area contributed by atoms with Crippen LogP contribution in [-0.4, -0.2) is 29.4 Å². The summed E-state index contributed by atoms with van der Waals surface area (Å²) in [6.45, 7) is 2.52. The van der Waals surface area contributed by atoms with E-state index in [-0.39, 0.29) is 17.8 Å². The van der Waals surface area contributed by atoms with E-state index in [0.717, 1.165) is 22.6 Å². The van der Waals surface area contributed by atoms with Gasteiger partial charge in [-0.05, 0) is 60.9 Å². The van der Waals surface area contributed by atoms with Gasteiger partial charge in [-0.25, -0.2) is 9.37 Å². The highest BCUT2D eigenvalue weighted by molar-refractivity contribution is 7.14. The highest BCUT2D eigenvalue weighted by atomic mass is 32.1. The Bertz CT molecular complexity index is 1000. The van der Waals surface area contributed by atoms with Crippen LogP contribution in [0.2, 0.25) is 0 Å². The first-order valence-electron chi connectivity index (χ1n) is 9.01. The third-order valence-corrected chi connectivity index (χ3v) is 5.73. The molecule has 1 unspecified atom stereocenters. The van der Waals surface area contributed by atoms with Crippen LogP contribution in [0.1, 0.15) is 34.6 Å². The lowest BCUT2D eigenvalue weighted by Gasteiger charge is -2.34. The van der Waals surface area contributed by atoms with Crippen molar-refractivity contribution in [3.8, 4) is 5.75 Å². The predicted molar refractivity (Wildman–Crippen MR) is 108 cm³/mol. The van der Waals surface area contributed by atoms with Crippen LogP contribution in [0.4, 0.5) is 15.2 Å². The summed E-state index contributed by atoms with van der Waals surface area (Å²) in [5.41, 5.74) is 3.25. The molecule has 2 heterocycles. The molecule has 1 aliphatic rings. The van der Waals surface area contributed by atoms with Crippen LogP contribution in [0.15, 0.2) is 47.8 Å². The smallest absolute Gasteiger partial charge is 0.273 e. The monoisotopic (exact) mass is 397 g/mol. The molecule has 1 aliphatic heterocycles. The van der Waals surface area contributed by atoms with E-state index in [1.807, 2.05) is 31.2 Å². The number of nitrogens with one attached hydrogen (secondary N) is 1. The quantitative estimate of drug-likeness (QED) is 0.687. The summed E-state index contributed by atoms with van der Waals surface area (Å²) in [6, 6.07) is 12.2. The highest BCUT2D eigenvalue weighted by Crippen LogP contribution is 2.32. The van der Waals surface area contributed by atoms with Gasteiger partial charge >= 0.3 is 0 Å². The van der Waals surface area contributed by atoms with Crippen molar-refractivity contribution in [2.45, 2.75) is 19.4 Å². The standard InChI is InChI=1S/C21H20FN3O2S/c1-13-18-8-3-15(22)11-14(18)9-10-25(13)20(26)19-12-28-21(24-19)23-16-4-6-17(27-2)7-5-16/h3-8,11-13H,9-10H2,1-2H3,(H,23,24). The minimum absolute atomic E-state index is 0.110. The van der Waals surface area contributed by atoms with Crippen LogP contribution >= 0.6 is 11.3 Å². The van der Waals surface area contributed by atoms with E-state index >= 15 is 0 Å². The molecule has 0 fully saturated rings. The van der Waals surface area contributed by atoms with Gasteiger partial charge in [0.05, 0.1) is 13.2 Å². The maximum absolute atomic E-state index is 13.5. The van der Waals surface area contributed by atoms with E-state index in [1.54, 1.807) is 29.5 Å². The molecule has 144 valence electrons. The molecule has 2 aromatic carbocycles. The summed E-state index contributed by atoms with van der Waals surface area (Å²) < 4.78 is 18.6. The van der Waals surface area contributed by atoms with Crippen LogP contribution in [-0.2, 0) is 6.42 Å². The normalized spacial score (nSPS) is 15.8. The molecule has 0 saturated heterocycles. The first-order chi connectivity index (χ1) is 13.5. The molecular formula is C21H20FN3O2S. The summed E-state index contributed by atoms with van der Waals surface area (Å²) >= 11 is 1.38. The van der Waals surface area contributed by atoms with Crippen LogP contribution < -0.4 is 10.1 Å². The number of hydrogen-bond donors (Lipinski definition) is 1. The zero-order valence-corrected chi connectivity index (χ0v) is 16.4. The number of benzene rings is 2. The molecule has 28 heavy (non-hydrogen) atoms. The minimum Gasteiger partial charge on any atom is -0.497 e. The van der Waals surface area contributed by atoms with E-state index in [0.29, 0.717) is 23.8 Å². The van der Waals surface area contributed by atoms with Crippen LogP contribution in [0, 0.1) is 5.82 Å². The van der Waals surface area contributed by atoms with Crippen molar-refractivity contribution in [1.82, 2.24) is 9.88 Å². The number of hydrogen-bond acceptors (Lipinski definition) is 5. The summed E-state index contributed by atoms with van der Waals surface area (Å²) in [4.78, 5) is 19.2. The lowest BCUT2D eigenvalue weighted by molar-refractivity contribution is 0.0672. The molecule has 0 saturated carbocycles. The summed E-state index contributed by atoms with van der Waals surface area (Å²) in [6.07, 6.45) is 0.643. The second-order valence-electron chi connectivity index (χ2n) is 6.66. The summed E-state index contributed by atoms with van der Waals surface area (Å²) in [5, 5.41) is 5.62. The van der Waals surface area contributed by atoms with E-state index in [4.69, 9.17) is 4.74 Å². The zero-order valence-electron chi connectivity index (χ0n) is 15.6. The van der Waals surface area contributed by atoms with Crippen molar-refractivity contribution in [3.05, 3.63) is 70.5 Å². The fourth-order valence-corrected chi connectivity index (χ4v) is 4.16. The summed E-state index contributed by atoms with van der Waals surface area (Å²) in [7, 11) is 1.62. The number of amides is 1. The largest absolute Gasteiger partial charge is 0.497 e. The Hall–Kier alpha value is -2.93. The number of thiazole rings is 1. The third kappa shape index (κ3) is 3.57. The molecule has 1 N–H and O–H groups in total. The average Bonchev–Trinajstić information content (AvgIpc) is 3.17. The number of carbonyl (C=O) groups is 1. The first-order valence-corrected chi connectivity index (χ1v) is 9.89. The molecule has 1 atom stereocenters. The second kappa shape index (κ2) is 7.59. The molecule has 1 amide bonds. The minimum atomic E-state index is -0.237. The fraction of sp³-hybridized carbons (Fsp3) is 0.238. The molecule has 5 nitrogen and oxygen atoms in total. The van der Waals surface area contributed by atoms with Crippen molar-refractivity contribution in [1.29, 1.82) is 0 Å². The van der Waals surface area contributed by atoms with Gasteiger partial charge in [-0.3, -0.25) is 4.79 Å². The van der Waals surface area contributed by atoms with Gasteiger partial charge in [0, 0.05) is 17.6 Å². The Morgan fingerprint density at radius 1 is 1.29 bits per heavy atom. The zero-order chi connectivity index (χ0) is 19.7. The molecule has 7 heteroatoms. The van der Waals surface area contributed by atoms with Crippen LogP contribution in [0.3, 0.4) is 0 Å². The van der Waals surface area contributed by atoms with Gasteiger partial charge in [-0.1, -0.05) is 6.07 Å². The number of nitrogens with zero attached hydrogens (tertiary/aromatic N) is 2. The molecule has 0 radical (unpaired) electrons. The number of methoxy groups -OCH3 is 1. The number of anilines is 2. The number of aromatic nitrogens is 1. The topological polar surface area (TPSA) is 54.5 Å². The summed E-state index contributed by atoms with van der Waals surface area (Å²) in [5.74, 6) is 0.431. The molecule has 0 spiro atoms. The number of rotatable bonds is 4. The van der Waals surface area contributed by atoms with Crippen molar-refractivity contribution in [2.75, 3.05) is 19.0 Å². The SMILES string of the molecule is COc1ccc(Nc2nc(C(=O)N3CCc4cc(F)ccc4C3C)cs2)cc1. The molecular weight excluding hydrogens is 377 g/mol. The van der Waals surface area contributed by atoms with E-state index in [2.05, 4.69) is 10.3 Å². The lowest BCUT2D eigenvalue weighted by atomic mass is 9.93. The molecule has 0 bridgehead atoms. The van der Waals surface area contributed by atoms with Crippen LogP contribution in [0.5, 0.6) is 5.75 Å². The molecule has 3 aromatic rings. The predicted octanol–water partition coefficient (Wildman–Crippen LogP) is 4.79. The van der Waals surface area contributed by atoms with E-state index in [9.17, 15) is 9.18 Å². The highest BCUT2D eigenvalue weighted by Gasteiger charge is 2.29. The number of ether oxygens (including phenoxy) is 1. The Morgan fingerprint density at radius 3 is 2.82 bits per heavy atom. The maximum atomic E-state index is 13.5. The van der Waals surface area contributed by atoms with Crippen molar-refractivity contribution in [3.63, 3.8) is 0 Å². The van der Waals surface area contributed by atoms with E-state index < -0.39 is 0 Å². The third-order valence-electron chi connectivity index (χ3n) is 4.97. The maximum Gasteiger partial charge on any atom is 0.273 e. The van der Waals surface area contributed by atoms with Gasteiger partial charge in [-0.2, -0.15) is 0 Å². The average molecular weight is 397 g/mol. The molecule has 1 aromatic heterocycles. The Morgan fingerprint density at radius 2 is 2.07 bits per heavy atom. The van der Waals surface area contributed by atoms with E-state index in [1.165, 1.54) is 17.4 Å². The Balaban J connectivity index is 1.49. The number of fused-ring (bicyclic) bond motifs is 1. The Kier molecular flexibility index (Phi) is 5.00. The fourth-order valence-electron chi connectivity index (χ4n) is 3.45. The second-order valence-corrected chi connectivity index (χ2v) is 7.52. The number of halogens is 1. The van der Waals surface area contributed by atoms with Gasteiger partial charge in [0.1, 0.15) is 17.3 Å². The number of carbonyl (C=O) groups excluding carboxylic acids is 1.